The molecular weight excluding hydrogens is 409 g/mol. The zero-order valence-electron chi connectivity index (χ0n) is 15.7. The van der Waals surface area contributed by atoms with E-state index < -0.39 is 0 Å². The molecule has 5 nitrogen and oxygen atoms in total. The molecule has 1 saturated heterocycles. The van der Waals surface area contributed by atoms with Crippen LogP contribution < -0.4 is 10.5 Å². The molecule has 2 atom stereocenters. The van der Waals surface area contributed by atoms with Gasteiger partial charge in [0.05, 0.1) is 7.11 Å². The van der Waals surface area contributed by atoms with Gasteiger partial charge < -0.3 is 15.4 Å². The first-order valence-corrected chi connectivity index (χ1v) is 9.52. The van der Waals surface area contributed by atoms with Crippen molar-refractivity contribution in [1.29, 1.82) is 0 Å². The molecule has 1 amide bonds. The summed E-state index contributed by atoms with van der Waals surface area (Å²) in [5.41, 5.74) is 7.19. The summed E-state index contributed by atoms with van der Waals surface area (Å²) < 4.78 is 5.42. The van der Waals surface area contributed by atoms with Gasteiger partial charge in [0.2, 0.25) is 5.91 Å². The van der Waals surface area contributed by atoms with Crippen LogP contribution in [0.5, 0.6) is 5.75 Å². The highest BCUT2D eigenvalue weighted by Crippen LogP contribution is 2.28. The molecule has 2 aliphatic rings. The Balaban J connectivity index is 0.00000182. The third-order valence-corrected chi connectivity index (χ3v) is 5.75. The second-order valence-electron chi connectivity index (χ2n) is 7.17. The van der Waals surface area contributed by atoms with Crippen LogP contribution in [0.2, 0.25) is 5.02 Å². The van der Waals surface area contributed by atoms with Crippen molar-refractivity contribution < 1.29 is 9.53 Å². The Labute approximate surface area is 179 Å². The maximum Gasteiger partial charge on any atom is 0.222 e. The molecular formula is C19H30Cl3N3O2. The number of halogens is 3. The van der Waals surface area contributed by atoms with Crippen molar-refractivity contribution in [2.24, 2.45) is 11.7 Å². The molecule has 0 unspecified atom stereocenters. The van der Waals surface area contributed by atoms with Crippen molar-refractivity contribution in [1.82, 2.24) is 9.80 Å². The molecule has 1 aliphatic heterocycles. The van der Waals surface area contributed by atoms with Crippen molar-refractivity contribution in [3.63, 3.8) is 0 Å². The van der Waals surface area contributed by atoms with E-state index in [1.54, 1.807) is 7.11 Å². The van der Waals surface area contributed by atoms with Crippen molar-refractivity contribution >= 4 is 42.3 Å². The molecule has 1 aromatic carbocycles. The Hall–Kier alpha value is -0.720. The molecule has 1 heterocycles. The van der Waals surface area contributed by atoms with Gasteiger partial charge in [-0.1, -0.05) is 18.0 Å². The van der Waals surface area contributed by atoms with Crippen molar-refractivity contribution in [2.75, 3.05) is 33.3 Å². The largest absolute Gasteiger partial charge is 0.496 e. The normalized spacial score (nSPS) is 22.7. The first kappa shape index (κ1) is 24.3. The number of carbonyl (C=O) groups is 1. The summed E-state index contributed by atoms with van der Waals surface area (Å²) >= 11 is 6.11. The number of hydrogen-bond donors (Lipinski definition) is 1. The van der Waals surface area contributed by atoms with Gasteiger partial charge in [-0.3, -0.25) is 9.69 Å². The highest BCUT2D eigenvalue weighted by molar-refractivity contribution is 6.30. The fourth-order valence-electron chi connectivity index (χ4n) is 3.94. The fourth-order valence-corrected chi connectivity index (χ4v) is 4.13. The zero-order valence-corrected chi connectivity index (χ0v) is 18.1. The Bertz CT molecular complexity index is 610. The van der Waals surface area contributed by atoms with Gasteiger partial charge in [0.25, 0.3) is 0 Å². The van der Waals surface area contributed by atoms with Crippen LogP contribution >= 0.6 is 36.4 Å². The third kappa shape index (κ3) is 6.40. The van der Waals surface area contributed by atoms with Gasteiger partial charge in [-0.25, -0.2) is 0 Å². The molecule has 8 heteroatoms. The maximum atomic E-state index is 12.5. The molecule has 0 bridgehead atoms. The molecule has 1 aromatic rings. The average molecular weight is 439 g/mol. The van der Waals surface area contributed by atoms with E-state index in [0.29, 0.717) is 12.3 Å². The molecule has 0 spiro atoms. The Morgan fingerprint density at radius 2 is 1.93 bits per heavy atom. The summed E-state index contributed by atoms with van der Waals surface area (Å²) in [7, 11) is 1.68. The summed E-state index contributed by atoms with van der Waals surface area (Å²) in [5.74, 6) is 1.50. The topological polar surface area (TPSA) is 58.8 Å². The molecule has 1 aliphatic carbocycles. The Morgan fingerprint density at radius 1 is 1.22 bits per heavy atom. The van der Waals surface area contributed by atoms with E-state index in [2.05, 4.69) is 4.90 Å². The molecule has 0 aromatic heterocycles. The lowest BCUT2D eigenvalue weighted by Gasteiger charge is -2.35. The SMILES string of the molecule is COc1ccc(Cl)cc1CN1CCN(C(=O)C[C@@H]2CCC[C@H]2N)CC1.Cl.Cl. The Morgan fingerprint density at radius 3 is 2.52 bits per heavy atom. The number of ether oxygens (including phenoxy) is 1. The average Bonchev–Trinajstić information content (AvgIpc) is 3.00. The lowest BCUT2D eigenvalue weighted by Crippen LogP contribution is -2.49. The number of methoxy groups -OCH3 is 1. The number of nitrogens with two attached hydrogens (primary N) is 1. The lowest BCUT2D eigenvalue weighted by atomic mass is 9.99. The van der Waals surface area contributed by atoms with Gasteiger partial charge in [-0.05, 0) is 37.0 Å². The predicted molar refractivity (Wildman–Crippen MR) is 114 cm³/mol. The zero-order chi connectivity index (χ0) is 17.8. The first-order chi connectivity index (χ1) is 12.1. The van der Waals surface area contributed by atoms with Crippen LogP contribution in [0, 0.1) is 5.92 Å². The number of carbonyl (C=O) groups excluding carboxylic acids is 1. The molecule has 0 radical (unpaired) electrons. The van der Waals surface area contributed by atoms with E-state index in [0.717, 1.165) is 68.3 Å². The first-order valence-electron chi connectivity index (χ1n) is 9.15. The minimum absolute atomic E-state index is 0. The molecule has 154 valence electrons. The monoisotopic (exact) mass is 437 g/mol. The van der Waals surface area contributed by atoms with E-state index >= 15 is 0 Å². The van der Waals surface area contributed by atoms with Crippen LogP contribution in [0.25, 0.3) is 0 Å². The van der Waals surface area contributed by atoms with Gasteiger partial charge >= 0.3 is 0 Å². The van der Waals surface area contributed by atoms with Gasteiger partial charge in [0, 0.05) is 55.8 Å². The predicted octanol–water partition coefficient (Wildman–Crippen LogP) is 3.35. The van der Waals surface area contributed by atoms with E-state index in [4.69, 9.17) is 22.1 Å². The number of hydrogen-bond acceptors (Lipinski definition) is 4. The highest BCUT2D eigenvalue weighted by atomic mass is 35.5. The van der Waals surface area contributed by atoms with Gasteiger partial charge in [-0.2, -0.15) is 0 Å². The van der Waals surface area contributed by atoms with E-state index in [1.165, 1.54) is 0 Å². The third-order valence-electron chi connectivity index (χ3n) is 5.52. The Kier molecular flexibility index (Phi) is 10.2. The van der Waals surface area contributed by atoms with Crippen molar-refractivity contribution in [2.45, 2.75) is 38.3 Å². The number of piperazine rings is 1. The summed E-state index contributed by atoms with van der Waals surface area (Å²) in [6.45, 7) is 4.10. The van der Waals surface area contributed by atoms with Crippen molar-refractivity contribution in [3.8, 4) is 5.75 Å². The van der Waals surface area contributed by atoms with Crippen molar-refractivity contribution in [3.05, 3.63) is 28.8 Å². The minimum Gasteiger partial charge on any atom is -0.496 e. The fraction of sp³-hybridized carbons (Fsp3) is 0.632. The van der Waals surface area contributed by atoms with E-state index in [-0.39, 0.29) is 36.8 Å². The number of nitrogens with zero attached hydrogens (tertiary/aromatic N) is 2. The van der Waals surface area contributed by atoms with Crippen LogP contribution in [0.15, 0.2) is 18.2 Å². The summed E-state index contributed by atoms with van der Waals surface area (Å²) in [6.07, 6.45) is 3.94. The molecule has 1 saturated carbocycles. The minimum atomic E-state index is 0. The van der Waals surface area contributed by atoms with Crippen LogP contribution in [0.3, 0.4) is 0 Å². The molecule has 3 rings (SSSR count). The maximum absolute atomic E-state index is 12.5. The second kappa shape index (κ2) is 11.3. The second-order valence-corrected chi connectivity index (χ2v) is 7.61. The van der Waals surface area contributed by atoms with Gasteiger partial charge in [-0.15, -0.1) is 24.8 Å². The molecule has 2 fully saturated rings. The van der Waals surface area contributed by atoms with Gasteiger partial charge in [0.15, 0.2) is 0 Å². The standard InChI is InChI=1S/C19H28ClN3O2.2ClH/c1-25-18-6-5-16(20)11-15(18)13-22-7-9-23(10-8-22)19(24)12-14-3-2-4-17(14)21;;/h5-6,11,14,17H,2-4,7-10,12-13,21H2,1H3;2*1H/t14-,17+;;/m0../s1. The quantitative estimate of drug-likeness (QED) is 0.766. The number of benzene rings is 1. The summed E-state index contributed by atoms with van der Waals surface area (Å²) in [5, 5.41) is 0.720. The summed E-state index contributed by atoms with van der Waals surface area (Å²) in [4.78, 5) is 16.9. The van der Waals surface area contributed by atoms with Crippen LogP contribution in [-0.4, -0.2) is 55.0 Å². The smallest absolute Gasteiger partial charge is 0.222 e. The van der Waals surface area contributed by atoms with Crippen LogP contribution in [-0.2, 0) is 11.3 Å². The van der Waals surface area contributed by atoms with Crippen LogP contribution in [0.1, 0.15) is 31.2 Å². The highest BCUT2D eigenvalue weighted by Gasteiger charge is 2.29. The van der Waals surface area contributed by atoms with E-state index in [1.807, 2.05) is 23.1 Å². The van der Waals surface area contributed by atoms with E-state index in [9.17, 15) is 4.79 Å². The van der Waals surface area contributed by atoms with Gasteiger partial charge in [0.1, 0.15) is 5.75 Å². The molecule has 2 N–H and O–H groups in total. The van der Waals surface area contributed by atoms with Crippen LogP contribution in [0.4, 0.5) is 0 Å². The molecule has 27 heavy (non-hydrogen) atoms. The number of rotatable bonds is 5. The number of amides is 1. The summed E-state index contributed by atoms with van der Waals surface area (Å²) in [6, 6.07) is 5.91. The lowest BCUT2D eigenvalue weighted by molar-refractivity contribution is -0.134.